The van der Waals surface area contributed by atoms with Crippen molar-refractivity contribution < 1.29 is 14.6 Å². The Labute approximate surface area is 182 Å². The summed E-state index contributed by atoms with van der Waals surface area (Å²) in [6, 6.07) is 5.87. The van der Waals surface area contributed by atoms with Crippen molar-refractivity contribution in [1.29, 1.82) is 0 Å². The van der Waals surface area contributed by atoms with Crippen molar-refractivity contribution in [3.05, 3.63) is 39.1 Å². The third kappa shape index (κ3) is 4.33. The Morgan fingerprint density at radius 3 is 3.00 bits per heavy atom. The maximum absolute atomic E-state index is 10.7. The van der Waals surface area contributed by atoms with Gasteiger partial charge in [-0.1, -0.05) is 29.3 Å². The SMILES string of the molecule is O=C(O)CCOC[C@@H]1CCCN1c1cc(-c2cscn2)c2ccc(Cl)c(Cl)c2n1. The predicted octanol–water partition coefficient (Wildman–Crippen LogP) is 5.13. The fourth-order valence-corrected chi connectivity index (χ4v) is 4.53. The zero-order chi connectivity index (χ0) is 20.4. The van der Waals surface area contributed by atoms with Crippen LogP contribution in [0.25, 0.3) is 22.2 Å². The van der Waals surface area contributed by atoms with E-state index in [1.165, 1.54) is 11.3 Å². The molecule has 0 amide bonds. The number of aliphatic carboxylic acids is 1. The largest absolute Gasteiger partial charge is 0.481 e. The molecule has 1 aliphatic rings. The molecule has 1 fully saturated rings. The van der Waals surface area contributed by atoms with Crippen molar-refractivity contribution in [3.8, 4) is 11.3 Å². The minimum atomic E-state index is -0.858. The summed E-state index contributed by atoms with van der Waals surface area (Å²) in [6.07, 6.45) is 1.98. The lowest BCUT2D eigenvalue weighted by atomic mass is 10.1. The molecule has 1 aliphatic heterocycles. The van der Waals surface area contributed by atoms with Crippen LogP contribution in [0.2, 0.25) is 10.0 Å². The molecule has 1 saturated heterocycles. The normalized spacial score (nSPS) is 16.6. The Balaban J connectivity index is 1.69. The van der Waals surface area contributed by atoms with E-state index in [1.807, 2.05) is 17.5 Å². The van der Waals surface area contributed by atoms with Crippen molar-refractivity contribution in [2.24, 2.45) is 0 Å². The highest BCUT2D eigenvalue weighted by Gasteiger charge is 2.27. The summed E-state index contributed by atoms with van der Waals surface area (Å²) in [7, 11) is 0. The Hall–Kier alpha value is -1.93. The predicted molar refractivity (Wildman–Crippen MR) is 116 cm³/mol. The number of thiazole rings is 1. The second kappa shape index (κ2) is 8.83. The van der Waals surface area contributed by atoms with Crippen LogP contribution in [-0.4, -0.2) is 46.8 Å². The van der Waals surface area contributed by atoms with Crippen LogP contribution in [0.4, 0.5) is 5.82 Å². The van der Waals surface area contributed by atoms with E-state index in [-0.39, 0.29) is 19.1 Å². The van der Waals surface area contributed by atoms with Gasteiger partial charge in [-0.2, -0.15) is 0 Å². The van der Waals surface area contributed by atoms with Crippen molar-refractivity contribution >= 4 is 57.2 Å². The number of rotatable bonds is 7. The molecule has 2 aromatic heterocycles. The summed E-state index contributed by atoms with van der Waals surface area (Å²) in [6.45, 7) is 1.51. The van der Waals surface area contributed by atoms with Crippen molar-refractivity contribution in [1.82, 2.24) is 9.97 Å². The van der Waals surface area contributed by atoms with Gasteiger partial charge in [0.25, 0.3) is 0 Å². The summed E-state index contributed by atoms with van der Waals surface area (Å²) in [5, 5.41) is 12.6. The molecule has 152 valence electrons. The van der Waals surface area contributed by atoms with E-state index in [9.17, 15) is 4.79 Å². The number of ether oxygens (including phenoxy) is 1. The smallest absolute Gasteiger partial charge is 0.305 e. The minimum absolute atomic E-state index is 0.00300. The van der Waals surface area contributed by atoms with Crippen LogP contribution in [0.5, 0.6) is 0 Å². The lowest BCUT2D eigenvalue weighted by Gasteiger charge is -2.26. The summed E-state index contributed by atoms with van der Waals surface area (Å²) in [4.78, 5) is 22.2. The van der Waals surface area contributed by atoms with E-state index >= 15 is 0 Å². The molecule has 0 bridgehead atoms. The number of hydrogen-bond acceptors (Lipinski definition) is 6. The highest BCUT2D eigenvalue weighted by atomic mass is 35.5. The first-order valence-corrected chi connectivity index (χ1v) is 11.0. The second-order valence-electron chi connectivity index (χ2n) is 6.87. The highest BCUT2D eigenvalue weighted by Crippen LogP contribution is 2.38. The van der Waals surface area contributed by atoms with Gasteiger partial charge in [0.1, 0.15) is 5.82 Å². The zero-order valence-electron chi connectivity index (χ0n) is 15.5. The number of carboxylic acid groups (broad SMARTS) is 1. The molecule has 0 saturated carbocycles. The van der Waals surface area contributed by atoms with E-state index in [0.29, 0.717) is 22.2 Å². The first kappa shape index (κ1) is 20.3. The van der Waals surface area contributed by atoms with Crippen LogP contribution in [-0.2, 0) is 9.53 Å². The lowest BCUT2D eigenvalue weighted by molar-refractivity contribution is -0.138. The number of fused-ring (bicyclic) bond motifs is 1. The molecule has 1 aromatic carbocycles. The molecule has 0 spiro atoms. The van der Waals surface area contributed by atoms with Crippen molar-refractivity contribution in [2.75, 3.05) is 24.7 Å². The molecule has 0 unspecified atom stereocenters. The van der Waals surface area contributed by atoms with Crippen LogP contribution in [0, 0.1) is 0 Å². The molecule has 0 aliphatic carbocycles. The number of hydrogen-bond donors (Lipinski definition) is 1. The molecule has 9 heteroatoms. The first-order valence-electron chi connectivity index (χ1n) is 9.28. The standard InChI is InChI=1S/C20H19Cl2N3O3S/c21-15-4-3-13-14(16-10-29-11-23-16)8-17(24-20(13)19(15)22)25-6-1-2-12(25)9-28-7-5-18(26)27/h3-4,8,10-12H,1-2,5-7,9H2,(H,26,27)/t12-/m0/s1. The van der Waals surface area contributed by atoms with Gasteiger partial charge >= 0.3 is 5.97 Å². The Kier molecular flexibility index (Phi) is 6.20. The topological polar surface area (TPSA) is 75.6 Å². The molecule has 1 atom stereocenters. The van der Waals surface area contributed by atoms with Gasteiger partial charge in [0.15, 0.2) is 0 Å². The molecule has 1 N–H and O–H groups in total. The average Bonchev–Trinajstić information content (AvgIpc) is 3.39. The molecular formula is C20H19Cl2N3O3S. The van der Waals surface area contributed by atoms with Crippen LogP contribution < -0.4 is 4.90 Å². The third-order valence-corrected chi connectivity index (χ3v) is 6.39. The van der Waals surface area contributed by atoms with Gasteiger partial charge in [0, 0.05) is 22.9 Å². The third-order valence-electron chi connectivity index (χ3n) is 5.01. The maximum Gasteiger partial charge on any atom is 0.305 e. The molecular weight excluding hydrogens is 433 g/mol. The Morgan fingerprint density at radius 2 is 2.24 bits per heavy atom. The van der Waals surface area contributed by atoms with Crippen molar-refractivity contribution in [2.45, 2.75) is 25.3 Å². The number of nitrogens with zero attached hydrogens (tertiary/aromatic N) is 3. The highest BCUT2D eigenvalue weighted by molar-refractivity contribution is 7.07. The van der Waals surface area contributed by atoms with Crippen LogP contribution in [0.15, 0.2) is 29.1 Å². The molecule has 0 radical (unpaired) electrons. The van der Waals surface area contributed by atoms with Crippen molar-refractivity contribution in [3.63, 3.8) is 0 Å². The molecule has 6 nitrogen and oxygen atoms in total. The van der Waals surface area contributed by atoms with Gasteiger partial charge in [-0.15, -0.1) is 11.3 Å². The molecule has 4 rings (SSSR count). The number of pyridine rings is 1. The number of halogens is 2. The fraction of sp³-hybridized carbons (Fsp3) is 0.350. The maximum atomic E-state index is 10.7. The summed E-state index contributed by atoms with van der Waals surface area (Å²) < 4.78 is 5.60. The summed E-state index contributed by atoms with van der Waals surface area (Å²) in [5.41, 5.74) is 4.28. The average molecular weight is 452 g/mol. The van der Waals surface area contributed by atoms with Crippen LogP contribution in [0.3, 0.4) is 0 Å². The van der Waals surface area contributed by atoms with E-state index in [4.69, 9.17) is 38.0 Å². The molecule has 3 aromatic rings. The number of aromatic nitrogens is 2. The Bertz CT molecular complexity index is 1030. The van der Waals surface area contributed by atoms with Gasteiger partial charge in [-0.3, -0.25) is 4.79 Å². The van der Waals surface area contributed by atoms with Gasteiger partial charge < -0.3 is 14.7 Å². The van der Waals surface area contributed by atoms with E-state index < -0.39 is 5.97 Å². The number of anilines is 1. The summed E-state index contributed by atoms with van der Waals surface area (Å²) >= 11 is 14.3. The Morgan fingerprint density at radius 1 is 1.38 bits per heavy atom. The monoisotopic (exact) mass is 451 g/mol. The number of carboxylic acids is 1. The summed E-state index contributed by atoms with van der Waals surface area (Å²) in [5.74, 6) is -0.0575. The van der Waals surface area contributed by atoms with E-state index in [2.05, 4.69) is 9.88 Å². The van der Waals surface area contributed by atoms with Crippen LogP contribution in [0.1, 0.15) is 19.3 Å². The lowest BCUT2D eigenvalue weighted by Crippen LogP contribution is -2.34. The zero-order valence-corrected chi connectivity index (χ0v) is 17.8. The minimum Gasteiger partial charge on any atom is -0.481 e. The van der Waals surface area contributed by atoms with E-state index in [1.54, 1.807) is 11.6 Å². The molecule has 29 heavy (non-hydrogen) atoms. The van der Waals surface area contributed by atoms with E-state index in [0.717, 1.165) is 41.8 Å². The van der Waals surface area contributed by atoms with Gasteiger partial charge in [-0.25, -0.2) is 9.97 Å². The van der Waals surface area contributed by atoms with Gasteiger partial charge in [0.05, 0.1) is 52.4 Å². The number of benzene rings is 1. The second-order valence-corrected chi connectivity index (χ2v) is 8.37. The fourth-order valence-electron chi connectivity index (χ4n) is 3.61. The van der Waals surface area contributed by atoms with Crippen LogP contribution >= 0.6 is 34.5 Å². The molecule has 3 heterocycles. The first-order chi connectivity index (χ1) is 14.0. The quantitative estimate of drug-likeness (QED) is 0.502. The number of carbonyl (C=O) groups is 1. The van der Waals surface area contributed by atoms with Gasteiger partial charge in [0.2, 0.25) is 0 Å². The van der Waals surface area contributed by atoms with Gasteiger partial charge in [-0.05, 0) is 25.0 Å².